The zero-order valence-corrected chi connectivity index (χ0v) is 13.7. The first-order chi connectivity index (χ1) is 10.2. The maximum atomic E-state index is 10.0. The van der Waals surface area contributed by atoms with Gasteiger partial charge in [0.05, 0.1) is 0 Å². The number of hydrogen-bond donors (Lipinski definition) is 1. The normalized spacial score (nSPS) is 12.3. The third-order valence-corrected chi connectivity index (χ3v) is 3.81. The van der Waals surface area contributed by atoms with Gasteiger partial charge in [-0.2, -0.15) is 0 Å². The van der Waals surface area contributed by atoms with Crippen molar-refractivity contribution in [2.75, 3.05) is 0 Å². The average Bonchev–Trinajstić information content (AvgIpc) is 2.43. The van der Waals surface area contributed by atoms with E-state index in [0.717, 1.165) is 12.8 Å². The summed E-state index contributed by atoms with van der Waals surface area (Å²) in [5.41, 5.74) is 5.45. The molecule has 0 amide bonds. The molecule has 0 rings (SSSR count). The second kappa shape index (κ2) is 15.5. The van der Waals surface area contributed by atoms with Crippen molar-refractivity contribution in [2.45, 2.75) is 103 Å². The van der Waals surface area contributed by atoms with Crippen LogP contribution in [0, 0.1) is 10.1 Å². The van der Waals surface area contributed by atoms with Gasteiger partial charge in [0, 0.05) is 0 Å². The van der Waals surface area contributed by atoms with Crippen LogP contribution in [0.3, 0.4) is 0 Å². The molecule has 0 bridgehead atoms. The highest BCUT2D eigenvalue weighted by molar-refractivity contribution is 4.51. The first-order valence-corrected chi connectivity index (χ1v) is 8.73. The quantitative estimate of drug-likeness (QED) is 0.189. The molecule has 0 heterocycles. The minimum atomic E-state index is -0.813. The first-order valence-electron chi connectivity index (χ1n) is 8.73. The van der Waals surface area contributed by atoms with Gasteiger partial charge in [-0.3, -0.25) is 4.84 Å². The van der Waals surface area contributed by atoms with Crippen molar-refractivity contribution in [2.24, 2.45) is 5.73 Å². The molecule has 21 heavy (non-hydrogen) atoms. The molecule has 0 aliphatic rings. The Hall–Kier alpha value is -0.840. The molecule has 0 aliphatic heterocycles. The average molecular weight is 302 g/mol. The number of nitrogens with zero attached hydrogens (tertiary/aromatic N) is 1. The van der Waals surface area contributed by atoms with Crippen LogP contribution in [0.5, 0.6) is 0 Å². The van der Waals surface area contributed by atoms with Gasteiger partial charge in [0.2, 0.25) is 0 Å². The van der Waals surface area contributed by atoms with Gasteiger partial charge in [-0.25, -0.2) is 0 Å². The Labute approximate surface area is 129 Å². The van der Waals surface area contributed by atoms with Crippen molar-refractivity contribution < 1.29 is 9.92 Å². The fourth-order valence-electron chi connectivity index (χ4n) is 2.53. The minimum Gasteiger partial charge on any atom is -0.306 e. The Kier molecular flexibility index (Phi) is 14.9. The van der Waals surface area contributed by atoms with Crippen molar-refractivity contribution in [1.82, 2.24) is 0 Å². The third-order valence-electron chi connectivity index (χ3n) is 3.81. The largest absolute Gasteiger partial charge is 0.306 e. The van der Waals surface area contributed by atoms with Crippen LogP contribution < -0.4 is 5.73 Å². The van der Waals surface area contributed by atoms with E-state index in [1.54, 1.807) is 0 Å². The third kappa shape index (κ3) is 17.1. The lowest BCUT2D eigenvalue weighted by atomic mass is 10.0. The Morgan fingerprint density at radius 1 is 0.857 bits per heavy atom. The van der Waals surface area contributed by atoms with E-state index >= 15 is 0 Å². The van der Waals surface area contributed by atoms with Crippen LogP contribution in [0.4, 0.5) is 0 Å². The molecule has 0 aromatic heterocycles. The lowest BCUT2D eigenvalue weighted by molar-refractivity contribution is -0.768. The zero-order chi connectivity index (χ0) is 15.8. The smallest absolute Gasteiger partial charge is 0.296 e. The molecule has 0 aliphatic carbocycles. The molecule has 0 spiro atoms. The standard InChI is InChI=1S/C16H34N2O3/c1-2-3-4-5-6-7-8-9-10-11-12-13-14-15-16(17)21-18(19)20/h16H,2-15,17H2,1H3. The predicted octanol–water partition coefficient (Wildman–Crippen LogP) is 4.96. The Morgan fingerprint density at radius 2 is 1.24 bits per heavy atom. The highest BCUT2D eigenvalue weighted by Gasteiger charge is 2.06. The van der Waals surface area contributed by atoms with E-state index in [-0.39, 0.29) is 0 Å². The highest BCUT2D eigenvalue weighted by Crippen LogP contribution is 2.13. The molecule has 0 saturated carbocycles. The van der Waals surface area contributed by atoms with Gasteiger partial charge in [0.25, 0.3) is 5.09 Å². The number of nitrogens with two attached hydrogens (primary N) is 1. The lowest BCUT2D eigenvalue weighted by Gasteiger charge is -2.08. The van der Waals surface area contributed by atoms with Gasteiger partial charge in [0.1, 0.15) is 0 Å². The van der Waals surface area contributed by atoms with Crippen LogP contribution in [-0.2, 0) is 4.84 Å². The number of unbranched alkanes of at least 4 members (excludes halogenated alkanes) is 12. The Morgan fingerprint density at radius 3 is 1.62 bits per heavy atom. The van der Waals surface area contributed by atoms with Gasteiger partial charge in [-0.1, -0.05) is 84.0 Å². The molecule has 0 aromatic carbocycles. The van der Waals surface area contributed by atoms with E-state index in [2.05, 4.69) is 11.8 Å². The molecule has 0 fully saturated rings. The fraction of sp³-hybridized carbons (Fsp3) is 1.00. The molecule has 5 heteroatoms. The van der Waals surface area contributed by atoms with Crippen molar-refractivity contribution in [3.63, 3.8) is 0 Å². The van der Waals surface area contributed by atoms with Crippen molar-refractivity contribution >= 4 is 0 Å². The van der Waals surface area contributed by atoms with Gasteiger partial charge < -0.3 is 5.73 Å². The van der Waals surface area contributed by atoms with Crippen LogP contribution in [0.1, 0.15) is 96.8 Å². The summed E-state index contributed by atoms with van der Waals surface area (Å²) in [6.07, 6.45) is 16.6. The summed E-state index contributed by atoms with van der Waals surface area (Å²) in [6.45, 7) is 2.25. The van der Waals surface area contributed by atoms with Crippen LogP contribution >= 0.6 is 0 Å². The van der Waals surface area contributed by atoms with Crippen LogP contribution in [-0.4, -0.2) is 11.3 Å². The lowest BCUT2D eigenvalue weighted by Crippen LogP contribution is -2.26. The summed E-state index contributed by atoms with van der Waals surface area (Å²) in [5, 5.41) is 9.23. The highest BCUT2D eigenvalue weighted by atomic mass is 17.0. The molecular formula is C16H34N2O3. The maximum absolute atomic E-state index is 10.0. The first kappa shape index (κ1) is 20.2. The molecule has 0 radical (unpaired) electrons. The Bertz CT molecular complexity index is 238. The summed E-state index contributed by atoms with van der Waals surface area (Å²) in [4.78, 5) is 14.3. The summed E-state index contributed by atoms with van der Waals surface area (Å²) >= 11 is 0. The predicted molar refractivity (Wildman–Crippen MR) is 86.4 cm³/mol. The summed E-state index contributed by atoms with van der Waals surface area (Å²) in [6, 6.07) is 0. The summed E-state index contributed by atoms with van der Waals surface area (Å²) in [7, 11) is 0. The van der Waals surface area contributed by atoms with E-state index in [4.69, 9.17) is 5.73 Å². The van der Waals surface area contributed by atoms with Gasteiger partial charge >= 0.3 is 0 Å². The topological polar surface area (TPSA) is 78.4 Å². The Balaban J connectivity index is 3.07. The van der Waals surface area contributed by atoms with Gasteiger partial charge in [-0.15, -0.1) is 10.1 Å². The molecule has 5 nitrogen and oxygen atoms in total. The van der Waals surface area contributed by atoms with E-state index < -0.39 is 11.3 Å². The minimum absolute atomic E-state index is 0.568. The van der Waals surface area contributed by atoms with Crippen molar-refractivity contribution in [1.29, 1.82) is 0 Å². The van der Waals surface area contributed by atoms with E-state index in [0.29, 0.717) is 6.42 Å². The fourth-order valence-corrected chi connectivity index (χ4v) is 2.53. The second-order valence-electron chi connectivity index (χ2n) is 5.90. The zero-order valence-electron chi connectivity index (χ0n) is 13.7. The molecule has 126 valence electrons. The monoisotopic (exact) mass is 302 g/mol. The van der Waals surface area contributed by atoms with Gasteiger partial charge in [-0.05, 0) is 12.8 Å². The van der Waals surface area contributed by atoms with Crippen LogP contribution in [0.2, 0.25) is 0 Å². The molecule has 0 aromatic rings. The van der Waals surface area contributed by atoms with Crippen LogP contribution in [0.15, 0.2) is 0 Å². The van der Waals surface area contributed by atoms with E-state index in [1.165, 1.54) is 70.6 Å². The number of hydrogen-bond acceptors (Lipinski definition) is 4. The molecule has 0 saturated heterocycles. The summed E-state index contributed by atoms with van der Waals surface area (Å²) in [5.74, 6) is 0. The number of rotatable bonds is 16. The molecule has 1 unspecified atom stereocenters. The van der Waals surface area contributed by atoms with Gasteiger partial charge in [0.15, 0.2) is 6.23 Å². The van der Waals surface area contributed by atoms with E-state index in [9.17, 15) is 10.1 Å². The maximum Gasteiger partial charge on any atom is 0.296 e. The van der Waals surface area contributed by atoms with Crippen molar-refractivity contribution in [3.05, 3.63) is 10.1 Å². The molecule has 1 atom stereocenters. The SMILES string of the molecule is CCCCCCCCCCCCCCCC(N)O[N+](=O)[O-]. The molecule has 2 N–H and O–H groups in total. The summed E-state index contributed by atoms with van der Waals surface area (Å²) < 4.78 is 0. The second-order valence-corrected chi connectivity index (χ2v) is 5.90. The van der Waals surface area contributed by atoms with Crippen molar-refractivity contribution in [3.8, 4) is 0 Å². The van der Waals surface area contributed by atoms with Crippen LogP contribution in [0.25, 0.3) is 0 Å². The molecular weight excluding hydrogens is 268 g/mol. The van der Waals surface area contributed by atoms with E-state index in [1.807, 2.05) is 0 Å².